The molecule has 32 heavy (non-hydrogen) atoms. The van der Waals surface area contributed by atoms with Gasteiger partial charge in [-0.3, -0.25) is 4.79 Å². The first-order valence-corrected chi connectivity index (χ1v) is 9.64. The summed E-state index contributed by atoms with van der Waals surface area (Å²) in [4.78, 5) is 26.7. The molecular weight excluding hydrogens is 408 g/mol. The number of nitrogens with zero attached hydrogens (tertiary/aromatic N) is 8. The van der Waals surface area contributed by atoms with E-state index in [1.165, 1.54) is 4.90 Å². The van der Waals surface area contributed by atoms with Crippen molar-refractivity contribution in [3.8, 4) is 6.07 Å². The van der Waals surface area contributed by atoms with E-state index < -0.39 is 0 Å². The monoisotopic (exact) mass is 428 g/mol. The van der Waals surface area contributed by atoms with E-state index in [0.717, 1.165) is 11.3 Å². The van der Waals surface area contributed by atoms with Crippen LogP contribution in [0.4, 0.5) is 23.0 Å². The maximum atomic E-state index is 12.0. The molecule has 0 atom stereocenters. The smallest absolute Gasteiger partial charge is 0.273 e. The molecule has 0 aliphatic rings. The molecule has 0 saturated heterocycles. The summed E-state index contributed by atoms with van der Waals surface area (Å²) in [6.45, 7) is 1.89. The van der Waals surface area contributed by atoms with Crippen LogP contribution in [0.1, 0.15) is 21.7 Å². The van der Waals surface area contributed by atoms with Gasteiger partial charge in [0.15, 0.2) is 17.2 Å². The first-order valence-electron chi connectivity index (χ1n) is 9.64. The summed E-state index contributed by atoms with van der Waals surface area (Å²) in [6, 6.07) is 8.82. The van der Waals surface area contributed by atoms with Gasteiger partial charge in [-0.2, -0.15) is 5.26 Å². The highest BCUT2D eigenvalue weighted by atomic mass is 16.2. The molecule has 0 fully saturated rings. The van der Waals surface area contributed by atoms with Crippen LogP contribution in [0.5, 0.6) is 0 Å². The number of anilines is 4. The fourth-order valence-corrected chi connectivity index (χ4v) is 3.02. The third-order valence-corrected chi connectivity index (χ3v) is 4.71. The Morgan fingerprint density at radius 2 is 1.88 bits per heavy atom. The summed E-state index contributed by atoms with van der Waals surface area (Å²) in [5, 5.41) is 23.6. The molecule has 1 amide bonds. The molecule has 0 bridgehead atoms. The van der Waals surface area contributed by atoms with Gasteiger partial charge in [-0.1, -0.05) is 0 Å². The largest absolute Gasteiger partial charge is 0.343 e. The predicted molar refractivity (Wildman–Crippen MR) is 119 cm³/mol. The SMILES string of the molecule is Cc1cc(C#N)ncc1Nc1cc(Nc2ccc(C(=O)N(C)C)nn2)c2ncn(C)c2n1. The average Bonchev–Trinajstić information content (AvgIpc) is 3.16. The molecule has 11 heteroatoms. The van der Waals surface area contributed by atoms with Gasteiger partial charge in [-0.25, -0.2) is 15.0 Å². The van der Waals surface area contributed by atoms with Gasteiger partial charge in [-0.15, -0.1) is 10.2 Å². The molecule has 0 spiro atoms. The second-order valence-corrected chi connectivity index (χ2v) is 7.33. The topological polar surface area (TPSA) is 138 Å². The number of rotatable bonds is 5. The van der Waals surface area contributed by atoms with E-state index in [1.807, 2.05) is 20.0 Å². The number of carbonyl (C=O) groups excluding carboxylic acids is 1. The maximum Gasteiger partial charge on any atom is 0.273 e. The van der Waals surface area contributed by atoms with Gasteiger partial charge < -0.3 is 20.1 Å². The van der Waals surface area contributed by atoms with Crippen LogP contribution in [0.2, 0.25) is 0 Å². The Morgan fingerprint density at radius 1 is 1.09 bits per heavy atom. The van der Waals surface area contributed by atoms with Crippen LogP contribution in [-0.2, 0) is 7.05 Å². The summed E-state index contributed by atoms with van der Waals surface area (Å²) in [6.07, 6.45) is 3.27. The molecule has 0 aliphatic carbocycles. The van der Waals surface area contributed by atoms with Crippen LogP contribution in [0.15, 0.2) is 36.8 Å². The van der Waals surface area contributed by atoms with Crippen molar-refractivity contribution in [3.05, 3.63) is 53.7 Å². The fourth-order valence-electron chi connectivity index (χ4n) is 3.02. The first kappa shape index (κ1) is 20.7. The summed E-state index contributed by atoms with van der Waals surface area (Å²) in [7, 11) is 5.17. The molecular formula is C21H20N10O. The lowest BCUT2D eigenvalue weighted by molar-refractivity contribution is 0.0821. The Labute approximate surface area is 183 Å². The number of nitrogens with one attached hydrogen (secondary N) is 2. The minimum Gasteiger partial charge on any atom is -0.343 e. The highest BCUT2D eigenvalue weighted by Gasteiger charge is 2.14. The van der Waals surface area contributed by atoms with Crippen molar-refractivity contribution in [3.63, 3.8) is 0 Å². The van der Waals surface area contributed by atoms with Gasteiger partial charge in [-0.05, 0) is 30.7 Å². The van der Waals surface area contributed by atoms with Gasteiger partial charge in [0.25, 0.3) is 5.91 Å². The standard InChI is InChI=1S/C21H20N10O/c1-12-7-13(9-22)23-10-16(12)26-18-8-15(19-20(27-18)31(4)11-24-19)25-17-6-5-14(28-29-17)21(32)30(2)3/h5-8,10-11H,1-4H3,(H2,25,26,27,29). The Bertz CT molecular complexity index is 1350. The number of amides is 1. The van der Waals surface area contributed by atoms with Crippen LogP contribution in [0.3, 0.4) is 0 Å². The minimum atomic E-state index is -0.224. The third-order valence-electron chi connectivity index (χ3n) is 4.71. The van der Waals surface area contributed by atoms with Gasteiger partial charge in [0.2, 0.25) is 0 Å². The predicted octanol–water partition coefficient (Wildman–Crippen LogP) is 2.52. The number of fused-ring (bicyclic) bond motifs is 1. The Balaban J connectivity index is 1.67. The van der Waals surface area contributed by atoms with Crippen LogP contribution in [0, 0.1) is 18.3 Å². The van der Waals surface area contributed by atoms with Crippen molar-refractivity contribution in [1.29, 1.82) is 5.26 Å². The molecule has 0 radical (unpaired) electrons. The van der Waals surface area contributed by atoms with Crippen LogP contribution < -0.4 is 10.6 Å². The van der Waals surface area contributed by atoms with Gasteiger partial charge in [0.1, 0.15) is 23.1 Å². The zero-order chi connectivity index (χ0) is 22.8. The van der Waals surface area contributed by atoms with Crippen LogP contribution in [0.25, 0.3) is 11.2 Å². The number of hydrogen-bond donors (Lipinski definition) is 2. The van der Waals surface area contributed by atoms with E-state index in [2.05, 4.69) is 35.8 Å². The zero-order valence-corrected chi connectivity index (χ0v) is 18.0. The highest BCUT2D eigenvalue weighted by Crippen LogP contribution is 2.28. The summed E-state index contributed by atoms with van der Waals surface area (Å²) in [5.74, 6) is 0.796. The summed E-state index contributed by atoms with van der Waals surface area (Å²) < 4.78 is 1.81. The lowest BCUT2D eigenvalue weighted by atomic mass is 10.2. The van der Waals surface area contributed by atoms with E-state index in [0.29, 0.717) is 34.2 Å². The summed E-state index contributed by atoms with van der Waals surface area (Å²) in [5.41, 5.74) is 4.18. The third kappa shape index (κ3) is 4.01. The minimum absolute atomic E-state index is 0.224. The fraction of sp³-hybridized carbons (Fsp3) is 0.190. The van der Waals surface area contributed by atoms with Crippen molar-refractivity contribution in [1.82, 2.24) is 34.6 Å². The van der Waals surface area contributed by atoms with Crippen LogP contribution >= 0.6 is 0 Å². The van der Waals surface area contributed by atoms with Crippen LogP contribution in [-0.4, -0.2) is 54.6 Å². The molecule has 160 valence electrons. The molecule has 0 aliphatic heterocycles. The number of aryl methyl sites for hydroxylation is 2. The maximum absolute atomic E-state index is 12.0. The van der Waals surface area contributed by atoms with Crippen molar-refractivity contribution < 1.29 is 4.79 Å². The number of carbonyl (C=O) groups is 1. The molecule has 4 rings (SSSR count). The van der Waals surface area contributed by atoms with Gasteiger partial charge in [0, 0.05) is 27.2 Å². The van der Waals surface area contributed by atoms with Crippen molar-refractivity contribution in [2.45, 2.75) is 6.92 Å². The number of nitriles is 1. The molecule has 4 aromatic rings. The average molecular weight is 428 g/mol. The van der Waals surface area contributed by atoms with Crippen molar-refractivity contribution >= 4 is 40.1 Å². The number of imidazole rings is 1. The molecule has 11 nitrogen and oxygen atoms in total. The molecule has 0 saturated carbocycles. The first-order chi connectivity index (χ1) is 15.4. The number of pyridine rings is 2. The lowest BCUT2D eigenvalue weighted by Crippen LogP contribution is -2.23. The molecule has 0 unspecified atom stereocenters. The zero-order valence-electron chi connectivity index (χ0n) is 18.0. The quantitative estimate of drug-likeness (QED) is 0.491. The second kappa shape index (κ2) is 8.27. The molecule has 4 aromatic heterocycles. The van der Waals surface area contributed by atoms with E-state index in [-0.39, 0.29) is 11.6 Å². The second-order valence-electron chi connectivity index (χ2n) is 7.33. The van der Waals surface area contributed by atoms with Gasteiger partial charge in [0.05, 0.1) is 23.9 Å². The van der Waals surface area contributed by atoms with E-state index in [4.69, 9.17) is 5.26 Å². The van der Waals surface area contributed by atoms with Crippen molar-refractivity contribution in [2.75, 3.05) is 24.7 Å². The molecule has 2 N–H and O–H groups in total. The Morgan fingerprint density at radius 3 is 2.53 bits per heavy atom. The van der Waals surface area contributed by atoms with E-state index in [1.54, 1.807) is 55.5 Å². The van der Waals surface area contributed by atoms with E-state index >= 15 is 0 Å². The van der Waals surface area contributed by atoms with Crippen molar-refractivity contribution in [2.24, 2.45) is 7.05 Å². The molecule has 0 aromatic carbocycles. The Hall–Kier alpha value is -4.59. The lowest BCUT2D eigenvalue weighted by Gasteiger charge is -2.12. The van der Waals surface area contributed by atoms with Gasteiger partial charge >= 0.3 is 0 Å². The van der Waals surface area contributed by atoms with E-state index in [9.17, 15) is 4.79 Å². The highest BCUT2D eigenvalue weighted by molar-refractivity contribution is 5.92. The normalized spacial score (nSPS) is 10.6. The number of hydrogen-bond acceptors (Lipinski definition) is 9. The Kier molecular flexibility index (Phi) is 5.34. The number of aromatic nitrogens is 6. The summed E-state index contributed by atoms with van der Waals surface area (Å²) >= 11 is 0. The molecule has 4 heterocycles.